The van der Waals surface area contributed by atoms with Gasteiger partial charge in [-0.25, -0.2) is 0 Å². The van der Waals surface area contributed by atoms with Crippen LogP contribution in [0.4, 0.5) is 0 Å². The van der Waals surface area contributed by atoms with Crippen LogP contribution in [-0.2, 0) is 8.85 Å². The molecule has 0 aromatic carbocycles. The lowest BCUT2D eigenvalue weighted by Gasteiger charge is -2.48. The summed E-state index contributed by atoms with van der Waals surface area (Å²) in [6, 6.07) is 1.02. The lowest BCUT2D eigenvalue weighted by atomic mass is 9.68. The predicted octanol–water partition coefficient (Wildman–Crippen LogP) is 3.28. The Bertz CT molecular complexity index is 244. The molecule has 0 bridgehead atoms. The lowest BCUT2D eigenvalue weighted by molar-refractivity contribution is 0.0666. The maximum atomic E-state index is 5.79. The molecule has 0 N–H and O–H groups in total. The number of hydrogen-bond donors (Lipinski definition) is 0. The van der Waals surface area contributed by atoms with Crippen molar-refractivity contribution in [2.75, 3.05) is 27.3 Å². The first-order valence-electron chi connectivity index (χ1n) is 7.56. The summed E-state index contributed by atoms with van der Waals surface area (Å²) in [6.45, 7) is 4.56. The molecule has 106 valence electrons. The number of hydrogen-bond acceptors (Lipinski definition) is 3. The third-order valence-corrected chi connectivity index (χ3v) is 8.89. The summed E-state index contributed by atoms with van der Waals surface area (Å²) in [5.74, 6) is 0. The topological polar surface area (TPSA) is 21.7 Å². The van der Waals surface area contributed by atoms with Crippen LogP contribution in [0.2, 0.25) is 6.04 Å². The van der Waals surface area contributed by atoms with Gasteiger partial charge in [0.05, 0.1) is 0 Å². The minimum absolute atomic E-state index is 0.671. The highest BCUT2D eigenvalue weighted by Gasteiger charge is 2.46. The van der Waals surface area contributed by atoms with E-state index in [1.54, 1.807) is 0 Å². The molecule has 18 heavy (non-hydrogen) atoms. The fourth-order valence-electron chi connectivity index (χ4n) is 3.98. The van der Waals surface area contributed by atoms with Crippen molar-refractivity contribution >= 4 is 8.72 Å². The second-order valence-corrected chi connectivity index (χ2v) is 9.60. The number of piperidine rings is 1. The molecule has 1 heterocycles. The first-order chi connectivity index (χ1) is 8.70. The third kappa shape index (κ3) is 2.67. The number of nitrogens with zero attached hydrogens (tertiary/aromatic N) is 1. The molecule has 2 fully saturated rings. The van der Waals surface area contributed by atoms with Crippen LogP contribution in [0.25, 0.3) is 0 Å². The van der Waals surface area contributed by atoms with Gasteiger partial charge in [0.2, 0.25) is 0 Å². The smallest absolute Gasteiger partial charge is 0.386 e. The van der Waals surface area contributed by atoms with Crippen molar-refractivity contribution in [2.45, 2.75) is 57.9 Å². The summed E-state index contributed by atoms with van der Waals surface area (Å²) < 4.78 is 14.1. The van der Waals surface area contributed by atoms with Crippen molar-refractivity contribution in [1.29, 1.82) is 0 Å². The molecule has 2 aliphatic rings. The van der Waals surface area contributed by atoms with Gasteiger partial charge in [-0.3, -0.25) is 4.57 Å². The molecule has 1 saturated carbocycles. The Balaban J connectivity index is 1.96. The second-order valence-electron chi connectivity index (χ2n) is 6.02. The monoisotopic (exact) mass is 271 g/mol. The highest BCUT2D eigenvalue weighted by Crippen LogP contribution is 2.45. The minimum Gasteiger partial charge on any atom is -0.386 e. The van der Waals surface area contributed by atoms with Crippen LogP contribution >= 0.6 is 0 Å². The molecule has 0 radical (unpaired) electrons. The van der Waals surface area contributed by atoms with Crippen molar-refractivity contribution in [3.63, 3.8) is 0 Å². The average Bonchev–Trinajstić information content (AvgIpc) is 2.44. The zero-order valence-corrected chi connectivity index (χ0v) is 13.3. The van der Waals surface area contributed by atoms with Gasteiger partial charge in [0.15, 0.2) is 0 Å². The molecule has 0 atom stereocenters. The second kappa shape index (κ2) is 6.03. The SMILES string of the molecule is CC[Si](OC)(OC)N1CCC2(CCCCC2)CC1. The first kappa shape index (κ1) is 14.5. The quantitative estimate of drug-likeness (QED) is 0.732. The molecule has 1 aliphatic heterocycles. The lowest BCUT2D eigenvalue weighted by Crippen LogP contribution is -2.60. The molecular weight excluding hydrogens is 242 g/mol. The highest BCUT2D eigenvalue weighted by molar-refractivity contribution is 6.64. The van der Waals surface area contributed by atoms with Gasteiger partial charge < -0.3 is 8.85 Å². The van der Waals surface area contributed by atoms with Crippen molar-refractivity contribution in [1.82, 2.24) is 4.57 Å². The molecule has 0 unspecified atom stereocenters. The van der Waals surface area contributed by atoms with Gasteiger partial charge in [0.25, 0.3) is 0 Å². The minimum atomic E-state index is -2.06. The third-order valence-electron chi connectivity index (χ3n) is 5.30. The summed E-state index contributed by atoms with van der Waals surface area (Å²) in [7, 11) is 1.58. The maximum Gasteiger partial charge on any atom is 0.426 e. The van der Waals surface area contributed by atoms with Crippen LogP contribution in [0.3, 0.4) is 0 Å². The van der Waals surface area contributed by atoms with E-state index in [-0.39, 0.29) is 0 Å². The summed E-state index contributed by atoms with van der Waals surface area (Å²) >= 11 is 0. The summed E-state index contributed by atoms with van der Waals surface area (Å²) in [5.41, 5.74) is 0.671. The normalized spacial score (nSPS) is 25.5. The van der Waals surface area contributed by atoms with Crippen LogP contribution in [-0.4, -0.2) is 40.6 Å². The molecule has 1 aliphatic carbocycles. The Morgan fingerprint density at radius 1 is 0.944 bits per heavy atom. The summed E-state index contributed by atoms with van der Waals surface area (Å²) in [5, 5.41) is 0. The Hall–Kier alpha value is 0.0969. The molecular formula is C14H29NO2Si. The van der Waals surface area contributed by atoms with Crippen LogP contribution in [0.15, 0.2) is 0 Å². The average molecular weight is 271 g/mol. The predicted molar refractivity (Wildman–Crippen MR) is 76.6 cm³/mol. The highest BCUT2D eigenvalue weighted by atomic mass is 28.4. The number of rotatable bonds is 4. The molecule has 1 saturated heterocycles. The van der Waals surface area contributed by atoms with Gasteiger partial charge in [0.1, 0.15) is 0 Å². The van der Waals surface area contributed by atoms with Crippen molar-refractivity contribution in [2.24, 2.45) is 5.41 Å². The fourth-order valence-corrected chi connectivity index (χ4v) is 6.59. The fraction of sp³-hybridized carbons (Fsp3) is 1.00. The van der Waals surface area contributed by atoms with E-state index in [0.29, 0.717) is 5.41 Å². The van der Waals surface area contributed by atoms with E-state index >= 15 is 0 Å². The van der Waals surface area contributed by atoms with Gasteiger partial charge in [0, 0.05) is 20.3 Å². The molecule has 2 rings (SSSR count). The largest absolute Gasteiger partial charge is 0.426 e. The van der Waals surface area contributed by atoms with Crippen molar-refractivity contribution in [3.8, 4) is 0 Å². The standard InChI is InChI=1S/C14H29NO2Si/c1-4-18(16-2,17-3)15-12-10-14(11-13-15)8-6-5-7-9-14/h4-13H2,1-3H3. The molecule has 3 nitrogen and oxygen atoms in total. The first-order valence-corrected chi connectivity index (χ1v) is 9.53. The molecule has 0 aromatic heterocycles. The van der Waals surface area contributed by atoms with Crippen molar-refractivity contribution < 1.29 is 8.85 Å². The van der Waals surface area contributed by atoms with Gasteiger partial charge in [-0.2, -0.15) is 0 Å². The molecule has 0 amide bonds. The summed E-state index contributed by atoms with van der Waals surface area (Å²) in [4.78, 5) is 0. The Kier molecular flexibility index (Phi) is 4.86. The van der Waals surface area contributed by atoms with Gasteiger partial charge in [-0.05, 0) is 44.2 Å². The molecule has 4 heteroatoms. The van der Waals surface area contributed by atoms with E-state index in [1.807, 2.05) is 14.2 Å². The van der Waals surface area contributed by atoms with E-state index < -0.39 is 8.72 Å². The maximum absolute atomic E-state index is 5.79. The van der Waals surface area contributed by atoms with Gasteiger partial charge in [-0.1, -0.05) is 26.2 Å². The van der Waals surface area contributed by atoms with Crippen LogP contribution in [0, 0.1) is 5.41 Å². The van der Waals surface area contributed by atoms with E-state index in [9.17, 15) is 0 Å². The molecule has 1 spiro atoms. The van der Waals surface area contributed by atoms with E-state index in [2.05, 4.69) is 11.5 Å². The Labute approximate surface area is 113 Å². The van der Waals surface area contributed by atoms with Gasteiger partial charge >= 0.3 is 8.72 Å². The Morgan fingerprint density at radius 2 is 1.50 bits per heavy atom. The van der Waals surface area contributed by atoms with Crippen LogP contribution in [0.1, 0.15) is 51.9 Å². The van der Waals surface area contributed by atoms with E-state index in [0.717, 1.165) is 6.04 Å². The van der Waals surface area contributed by atoms with Gasteiger partial charge in [-0.15, -0.1) is 0 Å². The summed E-state index contributed by atoms with van der Waals surface area (Å²) in [6.07, 6.45) is 9.98. The zero-order chi connectivity index (χ0) is 13.1. The Morgan fingerprint density at radius 3 is 1.94 bits per heavy atom. The van der Waals surface area contributed by atoms with E-state index in [1.165, 1.54) is 58.0 Å². The van der Waals surface area contributed by atoms with Crippen LogP contribution < -0.4 is 0 Å². The zero-order valence-electron chi connectivity index (χ0n) is 12.3. The van der Waals surface area contributed by atoms with E-state index in [4.69, 9.17) is 8.85 Å². The van der Waals surface area contributed by atoms with Crippen molar-refractivity contribution in [3.05, 3.63) is 0 Å². The molecule has 0 aromatic rings. The van der Waals surface area contributed by atoms with Crippen LogP contribution in [0.5, 0.6) is 0 Å².